The first-order valence-electron chi connectivity index (χ1n) is 44.1. The molecule has 14 rings (SSSR count). The van der Waals surface area contributed by atoms with Gasteiger partial charge in [0.15, 0.2) is 68.6 Å². The Hall–Kier alpha value is -3.74. The summed E-state index contributed by atoms with van der Waals surface area (Å²) in [5.41, 5.74) is -8.00. The van der Waals surface area contributed by atoms with Gasteiger partial charge < -0.3 is 212 Å². The van der Waals surface area contributed by atoms with Crippen LogP contribution >= 0.6 is 0 Å². The Morgan fingerprint density at radius 1 is 0.457 bits per heavy atom. The van der Waals surface area contributed by atoms with Gasteiger partial charge in [0.25, 0.3) is 0 Å². The van der Waals surface area contributed by atoms with Crippen molar-refractivity contribution >= 4 is 24.2 Å². The fourth-order valence-electron chi connectivity index (χ4n) is 23.2. The minimum atomic E-state index is -2.36. The topological polar surface area (TPSA) is 709 Å². The van der Waals surface area contributed by atoms with E-state index < -0.39 is 366 Å². The van der Waals surface area contributed by atoms with Crippen LogP contribution in [0.15, 0.2) is 11.6 Å². The van der Waals surface area contributed by atoms with Gasteiger partial charge in [0.05, 0.1) is 75.6 Å². The summed E-state index contributed by atoms with van der Waals surface area (Å²) in [6.45, 7) is 12.1. The van der Waals surface area contributed by atoms with Gasteiger partial charge in [-0.25, -0.2) is 4.79 Å². The van der Waals surface area contributed by atoms with Gasteiger partial charge in [-0.05, 0) is 118 Å². The maximum Gasteiger partial charge on any atom is 0.335 e. The molecular formula is C83H130O46. The zero-order valence-corrected chi connectivity index (χ0v) is 72.9. The molecule has 0 spiro atoms. The van der Waals surface area contributed by atoms with Gasteiger partial charge in [-0.2, -0.15) is 0 Å². The average Bonchev–Trinajstić information content (AvgIpc) is 1.14. The molecule has 0 bridgehead atoms. The van der Waals surface area contributed by atoms with E-state index in [0.29, 0.717) is 19.3 Å². The van der Waals surface area contributed by atoms with E-state index in [9.17, 15) is 132 Å². The third-order valence-electron chi connectivity index (χ3n) is 31.0. The first-order chi connectivity index (χ1) is 60.5. The highest BCUT2D eigenvalue weighted by molar-refractivity contribution is 5.80. The number of carboxylic acids is 1. The predicted octanol–water partition coefficient (Wildman–Crippen LogP) is -9.10. The molecule has 46 nitrogen and oxygen atoms in total. The number of esters is 2. The highest BCUT2D eigenvalue weighted by Gasteiger charge is 2.74. The van der Waals surface area contributed by atoms with Gasteiger partial charge in [-0.15, -0.1) is 0 Å². The van der Waals surface area contributed by atoms with Crippen LogP contribution in [0.5, 0.6) is 0 Å². The summed E-state index contributed by atoms with van der Waals surface area (Å²) in [6, 6.07) is 0. The first-order valence-corrected chi connectivity index (χ1v) is 44.1. The molecule has 9 heterocycles. The van der Waals surface area contributed by atoms with Gasteiger partial charge in [-0.3, -0.25) is 9.59 Å². The summed E-state index contributed by atoms with van der Waals surface area (Å²) in [5, 5.41) is 257. The Morgan fingerprint density at radius 2 is 0.961 bits per heavy atom. The lowest BCUT2D eigenvalue weighted by Crippen LogP contribution is -2.70. The number of rotatable bonds is 24. The molecule has 9 saturated heterocycles. The number of carbonyl (C=O) groups excluding carboxylic acids is 3. The van der Waals surface area contributed by atoms with E-state index in [-0.39, 0.29) is 44.4 Å². The van der Waals surface area contributed by atoms with Crippen LogP contribution in [-0.4, -0.2) is 445 Å². The molecule has 4 saturated carbocycles. The molecule has 738 valence electrons. The van der Waals surface area contributed by atoms with Crippen molar-refractivity contribution in [2.75, 3.05) is 39.6 Å². The largest absolute Gasteiger partial charge is 0.479 e. The number of ether oxygens (including phenoxy) is 19. The van der Waals surface area contributed by atoms with E-state index in [2.05, 4.69) is 19.9 Å². The van der Waals surface area contributed by atoms with E-state index in [0.717, 1.165) is 18.8 Å². The molecular weight excluding hydrogens is 1730 g/mol. The van der Waals surface area contributed by atoms with Crippen LogP contribution in [0, 0.1) is 50.2 Å². The Morgan fingerprint density at radius 3 is 1.55 bits per heavy atom. The lowest BCUT2D eigenvalue weighted by atomic mass is 9.33. The van der Waals surface area contributed by atoms with Gasteiger partial charge in [0.2, 0.25) is 6.29 Å². The van der Waals surface area contributed by atoms with Crippen molar-refractivity contribution in [2.45, 2.75) is 391 Å². The lowest BCUT2D eigenvalue weighted by Gasteiger charge is -2.71. The SMILES string of the molecule is CC(=O)O[C@@H]1[C@H](O[C@@H]2O[C@@H](C)[C@H](O)[C@@H](O)[C@H]2O)[C@@H](O[C@@H]2O[C@@H](C)[C@H](O[C@@H]3OC[C@@H](O)[C@H](O[C@@H]4OC[C@](O)(CO)[C@@H]4O)[C@H]3O)[C@@H](O[C@@H]3O[C@H](CO)[C@@H](O)[C@H](O)[C@H]3O)[C@H]2O)[C@H](OC(=O)[C@]23CCC(C)(C)C[C@H]2C2=CC[C@@H]4[C@@]5(C)CC[C@H](O[C@@H]6O[C@H](C(=O)O)[C@@H](O)[C@H](O[C@@H]7OC[C@@H](O)[C@H](O)[C@H]7O)[C@H]6O[C@@H]6O[C@H](CO)[C@H](O)[C@H](O)[C@H]6O)[C@@](C)(C=O)[C@@H]5CC[C@@]4(C)[C@]2(C)C[C@H]3O)O[C@@H]1C. The van der Waals surface area contributed by atoms with E-state index in [4.69, 9.17) is 90.0 Å². The average molecular weight is 1860 g/mol. The zero-order valence-electron chi connectivity index (χ0n) is 72.9. The normalized spacial score (nSPS) is 54.1. The molecule has 51 atom stereocenters. The van der Waals surface area contributed by atoms with Gasteiger partial charge >= 0.3 is 17.9 Å². The molecule has 46 heteroatoms. The third kappa shape index (κ3) is 18.0. The summed E-state index contributed by atoms with van der Waals surface area (Å²) in [5.74, 6) is -5.60. The van der Waals surface area contributed by atoms with E-state index >= 15 is 4.79 Å². The second-order valence-electron chi connectivity index (χ2n) is 39.4. The molecule has 0 unspecified atom stereocenters. The van der Waals surface area contributed by atoms with Crippen LogP contribution in [0.3, 0.4) is 0 Å². The number of allylic oxidation sites excluding steroid dienone is 2. The molecule has 0 amide bonds. The van der Waals surface area contributed by atoms with Gasteiger partial charge in [-0.1, -0.05) is 53.2 Å². The number of aliphatic carboxylic acids is 1. The fourth-order valence-corrected chi connectivity index (χ4v) is 23.2. The zero-order chi connectivity index (χ0) is 94.2. The smallest absolute Gasteiger partial charge is 0.335 e. The van der Waals surface area contributed by atoms with Crippen LogP contribution < -0.4 is 0 Å². The highest BCUT2D eigenvalue weighted by Crippen LogP contribution is 2.76. The Labute approximate surface area is 740 Å². The minimum absolute atomic E-state index is 0.0230. The fraction of sp³-hybridized carbons (Fsp3) is 0.928. The second-order valence-corrected chi connectivity index (χ2v) is 39.4. The van der Waals surface area contributed by atoms with Crippen LogP contribution in [-0.2, 0) is 109 Å². The molecule has 5 aliphatic carbocycles. The molecule has 23 N–H and O–H groups in total. The molecule has 13 fully saturated rings. The van der Waals surface area contributed by atoms with Crippen molar-refractivity contribution in [3.8, 4) is 0 Å². The van der Waals surface area contributed by atoms with Crippen molar-refractivity contribution in [2.24, 2.45) is 50.2 Å². The Balaban J connectivity index is 0.780. The molecule has 0 aromatic rings. The number of hydrogen-bond acceptors (Lipinski definition) is 45. The summed E-state index contributed by atoms with van der Waals surface area (Å²) >= 11 is 0. The first kappa shape index (κ1) is 101. The lowest BCUT2D eigenvalue weighted by molar-refractivity contribution is -0.404. The summed E-state index contributed by atoms with van der Waals surface area (Å²) in [7, 11) is 0. The number of carbonyl (C=O) groups is 4. The summed E-state index contributed by atoms with van der Waals surface area (Å²) in [4.78, 5) is 57.7. The van der Waals surface area contributed by atoms with E-state index in [1.54, 1.807) is 6.92 Å². The quantitative estimate of drug-likeness (QED) is 0.0185. The standard InChI is InChI=1S/C83H130O46/c1-28-42(92)46(96)50(100)69(114-28)126-62-57(117-31(4)88)30(3)116-73(64(62)128-72-55(105)60(124-70-51(101)47(97)44(94)36(21-84)118-70)56(29(2)115-72)121-68-54(104)58(35(90)24-112-68)122-75-65(106)82(110,26-87)27-113-75)129-76(109)83-18-17-77(5,6)19-33(83)32-11-12-39-78(7)15-14-41(79(8,25-86)38(78)13-16-80(39,9)81(32,10)20-40(83)91)120-74-63(127-71-52(102)48(98)45(95)37(22-85)119-71)59(53(103)61(125-74)66(107)108)123-67-49(99)43(93)34(89)23-111-67/h11,25,28-30,33-65,67-75,84-85,87,89-106,110H,12-24,26-27H2,1-10H3,(H,107,108)/t28-,29-,30+,33-,34+,35+,36+,37+,38+,39+,40+,41-,42-,43-,44+,45-,46+,47-,48-,49+,50+,51+,52+,53-,54+,55+,56-,57-,58-,59-,60-,61-,62-,63+,64+,65+,67-,68-,69-,70-,71-,72-,73-,74+,75-,78-,79-,80+,81+,82+,83+/m0/s1. The van der Waals surface area contributed by atoms with E-state index in [1.165, 1.54) is 20.8 Å². The molecule has 129 heavy (non-hydrogen) atoms. The minimum Gasteiger partial charge on any atom is -0.479 e. The Bertz CT molecular complexity index is 3890. The number of hydrogen-bond donors (Lipinski definition) is 23. The third-order valence-corrected chi connectivity index (χ3v) is 31.0. The van der Waals surface area contributed by atoms with Gasteiger partial charge in [0.1, 0.15) is 170 Å². The van der Waals surface area contributed by atoms with Gasteiger partial charge in [0, 0.05) is 6.92 Å². The van der Waals surface area contributed by atoms with Crippen LogP contribution in [0.2, 0.25) is 0 Å². The molecule has 14 aliphatic rings. The number of carboxylic acid groups (broad SMARTS) is 1. The Kier molecular flexibility index (Phi) is 30.2. The summed E-state index contributed by atoms with van der Waals surface area (Å²) in [6.07, 6.45) is -75.7. The number of fused-ring (bicyclic) bond motifs is 7. The van der Waals surface area contributed by atoms with E-state index in [1.807, 2.05) is 20.8 Å². The predicted molar refractivity (Wildman–Crippen MR) is 416 cm³/mol. The van der Waals surface area contributed by atoms with Crippen LogP contribution in [0.1, 0.15) is 127 Å². The summed E-state index contributed by atoms with van der Waals surface area (Å²) < 4.78 is 117. The van der Waals surface area contributed by atoms with Crippen molar-refractivity contribution in [3.63, 3.8) is 0 Å². The monoisotopic (exact) mass is 1860 g/mol. The molecule has 0 aromatic heterocycles. The van der Waals surface area contributed by atoms with Crippen molar-refractivity contribution in [1.82, 2.24) is 0 Å². The highest BCUT2D eigenvalue weighted by atomic mass is 16.8. The molecule has 0 aromatic carbocycles. The maximum atomic E-state index is 16.7. The van der Waals surface area contributed by atoms with Crippen molar-refractivity contribution < 1.29 is 227 Å². The molecule has 0 radical (unpaired) electrons. The second kappa shape index (κ2) is 38.6. The number of aldehydes is 1. The van der Waals surface area contributed by atoms with Crippen molar-refractivity contribution in [1.29, 1.82) is 0 Å². The van der Waals surface area contributed by atoms with Crippen LogP contribution in [0.25, 0.3) is 0 Å². The van der Waals surface area contributed by atoms with Crippen molar-refractivity contribution in [3.05, 3.63) is 11.6 Å². The molecule has 9 aliphatic heterocycles. The number of aliphatic hydroxyl groups is 22. The van der Waals surface area contributed by atoms with Crippen LogP contribution in [0.4, 0.5) is 0 Å². The number of aliphatic hydroxyl groups excluding tert-OH is 21. The maximum absolute atomic E-state index is 16.7.